The molecule has 7 nitrogen and oxygen atoms in total. The van der Waals surface area contributed by atoms with Crippen LogP contribution in [0.15, 0.2) is 54.6 Å². The summed E-state index contributed by atoms with van der Waals surface area (Å²) in [6.45, 7) is 2.57. The smallest absolute Gasteiger partial charge is 0.319 e. The van der Waals surface area contributed by atoms with Crippen molar-refractivity contribution in [1.29, 1.82) is 0 Å². The molecule has 2 aromatic carbocycles. The van der Waals surface area contributed by atoms with Crippen molar-refractivity contribution < 1.29 is 19.5 Å². The van der Waals surface area contributed by atoms with Crippen molar-refractivity contribution in [3.05, 3.63) is 60.2 Å². The van der Waals surface area contributed by atoms with E-state index in [0.717, 1.165) is 11.3 Å². The van der Waals surface area contributed by atoms with Crippen LogP contribution in [0.3, 0.4) is 0 Å². The van der Waals surface area contributed by atoms with Crippen LogP contribution in [0.25, 0.3) is 0 Å². The zero-order valence-corrected chi connectivity index (χ0v) is 15.1. The molecule has 0 bridgehead atoms. The summed E-state index contributed by atoms with van der Waals surface area (Å²) in [5.74, 6) is -0.975. The Morgan fingerprint density at radius 3 is 2.26 bits per heavy atom. The van der Waals surface area contributed by atoms with Gasteiger partial charge in [-0.3, -0.25) is 9.59 Å². The number of carboxylic acid groups (broad SMARTS) is 1. The van der Waals surface area contributed by atoms with Gasteiger partial charge in [-0.05, 0) is 36.8 Å². The molecule has 0 saturated carbocycles. The van der Waals surface area contributed by atoms with Crippen molar-refractivity contribution in [2.45, 2.75) is 19.8 Å². The van der Waals surface area contributed by atoms with Crippen LogP contribution in [-0.4, -0.2) is 36.1 Å². The first kappa shape index (κ1) is 20.0. The van der Waals surface area contributed by atoms with Gasteiger partial charge in [0.05, 0.1) is 12.8 Å². The number of benzene rings is 2. The first-order valence-electron chi connectivity index (χ1n) is 8.70. The van der Waals surface area contributed by atoms with E-state index in [1.165, 1.54) is 0 Å². The minimum Gasteiger partial charge on any atom is -0.481 e. The number of urea groups is 1. The number of anilines is 2. The zero-order chi connectivity index (χ0) is 19.6. The van der Waals surface area contributed by atoms with E-state index in [1.54, 1.807) is 29.2 Å². The Labute approximate surface area is 158 Å². The average Bonchev–Trinajstić information content (AvgIpc) is 2.64. The topological polar surface area (TPSA) is 98.7 Å². The van der Waals surface area contributed by atoms with E-state index in [-0.39, 0.29) is 25.3 Å². The molecule has 0 aliphatic rings. The van der Waals surface area contributed by atoms with Gasteiger partial charge >= 0.3 is 12.0 Å². The molecule has 0 aliphatic heterocycles. The number of carbonyl (C=O) groups is 3. The van der Waals surface area contributed by atoms with Gasteiger partial charge in [-0.1, -0.05) is 30.3 Å². The minimum absolute atomic E-state index is 0.00387. The van der Waals surface area contributed by atoms with E-state index in [0.29, 0.717) is 12.2 Å². The van der Waals surface area contributed by atoms with Gasteiger partial charge in [-0.2, -0.15) is 0 Å². The van der Waals surface area contributed by atoms with Gasteiger partial charge in [0.1, 0.15) is 0 Å². The molecule has 3 N–H and O–H groups in total. The summed E-state index contributed by atoms with van der Waals surface area (Å²) < 4.78 is 0. The maximum atomic E-state index is 12.6. The highest BCUT2D eigenvalue weighted by Crippen LogP contribution is 2.16. The molecule has 0 atom stereocenters. The summed E-state index contributed by atoms with van der Waals surface area (Å²) in [5, 5.41) is 13.6. The largest absolute Gasteiger partial charge is 0.481 e. The Bertz CT molecular complexity index is 776. The molecule has 27 heavy (non-hydrogen) atoms. The quantitative estimate of drug-likeness (QED) is 0.666. The molecule has 2 rings (SSSR count). The van der Waals surface area contributed by atoms with Gasteiger partial charge in [0.2, 0.25) is 5.91 Å². The number of hydrogen-bond donors (Lipinski definition) is 3. The lowest BCUT2D eigenvalue weighted by Gasteiger charge is -2.21. The molecule has 0 unspecified atom stereocenters. The average molecular weight is 369 g/mol. The fourth-order valence-corrected chi connectivity index (χ4v) is 2.55. The summed E-state index contributed by atoms with van der Waals surface area (Å²) in [6.07, 6.45) is 0.123. The van der Waals surface area contributed by atoms with E-state index < -0.39 is 12.0 Å². The maximum Gasteiger partial charge on any atom is 0.319 e. The van der Waals surface area contributed by atoms with Crippen LogP contribution >= 0.6 is 0 Å². The third kappa shape index (κ3) is 6.47. The standard InChI is InChI=1S/C20H23N3O4/c1-2-23(17-6-4-3-5-7-17)18(24)14-15-8-10-16(11-9-15)22-20(27)21-13-12-19(25)26/h3-11H,2,12-14H2,1H3,(H,25,26)(H2,21,22,27). The molecule has 0 heterocycles. The molecule has 3 amide bonds. The zero-order valence-electron chi connectivity index (χ0n) is 15.1. The fourth-order valence-electron chi connectivity index (χ4n) is 2.55. The summed E-state index contributed by atoms with van der Waals surface area (Å²) >= 11 is 0. The number of amides is 3. The summed E-state index contributed by atoms with van der Waals surface area (Å²) in [7, 11) is 0. The summed E-state index contributed by atoms with van der Waals surface area (Å²) in [4.78, 5) is 36.4. The number of nitrogens with zero attached hydrogens (tertiary/aromatic N) is 1. The lowest BCUT2D eigenvalue weighted by atomic mass is 10.1. The molecule has 142 valence electrons. The second-order valence-electron chi connectivity index (χ2n) is 5.87. The monoisotopic (exact) mass is 369 g/mol. The predicted octanol–water partition coefficient (Wildman–Crippen LogP) is 2.88. The number of carboxylic acids is 1. The highest BCUT2D eigenvalue weighted by atomic mass is 16.4. The van der Waals surface area contributed by atoms with Gasteiger partial charge < -0.3 is 20.6 Å². The predicted molar refractivity (Wildman–Crippen MR) is 104 cm³/mol. The van der Waals surface area contributed by atoms with Crippen molar-refractivity contribution in [1.82, 2.24) is 5.32 Å². The van der Waals surface area contributed by atoms with Gasteiger partial charge in [0.15, 0.2) is 0 Å². The van der Waals surface area contributed by atoms with Gasteiger partial charge in [0, 0.05) is 24.5 Å². The maximum absolute atomic E-state index is 12.6. The molecule has 2 aromatic rings. The Morgan fingerprint density at radius 2 is 1.67 bits per heavy atom. The highest BCUT2D eigenvalue weighted by molar-refractivity contribution is 5.95. The SMILES string of the molecule is CCN(C(=O)Cc1ccc(NC(=O)NCCC(=O)O)cc1)c1ccccc1. The van der Waals surface area contributed by atoms with Crippen LogP contribution < -0.4 is 15.5 Å². The lowest BCUT2D eigenvalue weighted by Crippen LogP contribution is -2.32. The minimum atomic E-state index is -0.971. The first-order chi connectivity index (χ1) is 13.0. The molecule has 0 radical (unpaired) electrons. The normalized spacial score (nSPS) is 10.1. The Hall–Kier alpha value is -3.35. The number of hydrogen-bond acceptors (Lipinski definition) is 3. The second-order valence-corrected chi connectivity index (χ2v) is 5.87. The number of nitrogens with one attached hydrogen (secondary N) is 2. The van der Waals surface area contributed by atoms with Crippen molar-refractivity contribution in [3.8, 4) is 0 Å². The summed E-state index contributed by atoms with van der Waals surface area (Å²) in [6, 6.07) is 16.0. The van der Waals surface area contributed by atoms with Gasteiger partial charge in [-0.25, -0.2) is 4.79 Å². The van der Waals surface area contributed by atoms with Crippen LogP contribution in [0.2, 0.25) is 0 Å². The number of carbonyl (C=O) groups excluding carboxylic acids is 2. The van der Waals surface area contributed by atoms with Crippen LogP contribution in [0.4, 0.5) is 16.2 Å². The van der Waals surface area contributed by atoms with E-state index in [2.05, 4.69) is 10.6 Å². The Balaban J connectivity index is 1.90. The van der Waals surface area contributed by atoms with Crippen molar-refractivity contribution >= 4 is 29.3 Å². The molecule has 7 heteroatoms. The molecule has 0 fully saturated rings. The van der Waals surface area contributed by atoms with Gasteiger partial charge in [-0.15, -0.1) is 0 Å². The van der Waals surface area contributed by atoms with Crippen molar-refractivity contribution in [2.75, 3.05) is 23.3 Å². The Morgan fingerprint density at radius 1 is 1.00 bits per heavy atom. The molecular formula is C20H23N3O4. The van der Waals surface area contributed by atoms with Crippen LogP contribution in [0.1, 0.15) is 18.9 Å². The lowest BCUT2D eigenvalue weighted by molar-refractivity contribution is -0.136. The van der Waals surface area contributed by atoms with Crippen molar-refractivity contribution in [3.63, 3.8) is 0 Å². The number of rotatable bonds is 8. The number of para-hydroxylation sites is 1. The third-order valence-electron chi connectivity index (χ3n) is 3.88. The van der Waals surface area contributed by atoms with Crippen LogP contribution in [0.5, 0.6) is 0 Å². The number of aliphatic carboxylic acids is 1. The second kappa shape index (κ2) is 9.96. The van der Waals surface area contributed by atoms with Crippen LogP contribution in [0, 0.1) is 0 Å². The summed E-state index contributed by atoms with van der Waals surface area (Å²) in [5.41, 5.74) is 2.27. The fraction of sp³-hybridized carbons (Fsp3) is 0.250. The highest BCUT2D eigenvalue weighted by Gasteiger charge is 2.14. The van der Waals surface area contributed by atoms with Gasteiger partial charge in [0.25, 0.3) is 0 Å². The molecule has 0 aliphatic carbocycles. The Kier molecular flexibility index (Phi) is 7.37. The van der Waals surface area contributed by atoms with Crippen LogP contribution in [-0.2, 0) is 16.0 Å². The van der Waals surface area contributed by atoms with Crippen molar-refractivity contribution in [2.24, 2.45) is 0 Å². The number of likely N-dealkylation sites (N-methyl/N-ethyl adjacent to an activating group) is 1. The molecule has 0 spiro atoms. The molecule has 0 aromatic heterocycles. The third-order valence-corrected chi connectivity index (χ3v) is 3.88. The molecule has 0 saturated heterocycles. The van der Waals surface area contributed by atoms with E-state index in [9.17, 15) is 14.4 Å². The van der Waals surface area contributed by atoms with E-state index >= 15 is 0 Å². The first-order valence-corrected chi connectivity index (χ1v) is 8.70. The van der Waals surface area contributed by atoms with E-state index in [1.807, 2.05) is 37.3 Å². The van der Waals surface area contributed by atoms with E-state index in [4.69, 9.17) is 5.11 Å². The molecular weight excluding hydrogens is 346 g/mol.